The summed E-state index contributed by atoms with van der Waals surface area (Å²) in [6, 6.07) is 13.9. The topological polar surface area (TPSA) is 35.2 Å². The molecule has 0 fully saturated rings. The third-order valence-electron chi connectivity index (χ3n) is 2.75. The van der Waals surface area contributed by atoms with Crippen LogP contribution in [-0.2, 0) is 0 Å². The van der Waals surface area contributed by atoms with Gasteiger partial charge in [-0.15, -0.1) is 0 Å². The highest BCUT2D eigenvalue weighted by Gasteiger charge is 2.04. The highest BCUT2D eigenvalue weighted by Crippen LogP contribution is 2.28. The molecule has 0 aromatic heterocycles. The molecule has 0 radical (unpaired) electrons. The Bertz CT molecular complexity index is 552. The van der Waals surface area contributed by atoms with Crippen molar-refractivity contribution in [1.29, 1.82) is 0 Å². The third kappa shape index (κ3) is 3.12. The van der Waals surface area contributed by atoms with Crippen molar-refractivity contribution in [3.8, 4) is 11.5 Å². The largest absolute Gasteiger partial charge is 0.457 e. The molecule has 0 spiro atoms. The van der Waals surface area contributed by atoms with Crippen molar-refractivity contribution in [3.63, 3.8) is 0 Å². The average molecular weight is 306 g/mol. The van der Waals surface area contributed by atoms with E-state index in [0.29, 0.717) is 0 Å². The molecule has 2 N–H and O–H groups in total. The summed E-state index contributed by atoms with van der Waals surface area (Å²) in [5.41, 5.74) is 8.03. The molecule has 0 aliphatic rings. The molecule has 0 aliphatic heterocycles. The third-order valence-corrected chi connectivity index (χ3v) is 3.24. The molecule has 18 heavy (non-hydrogen) atoms. The molecule has 1 unspecified atom stereocenters. The molecule has 0 saturated heterocycles. The molecule has 0 heterocycles. The number of aryl methyl sites for hydroxylation is 1. The summed E-state index contributed by atoms with van der Waals surface area (Å²) in [6.07, 6.45) is 0. The lowest BCUT2D eigenvalue weighted by molar-refractivity contribution is 0.477. The van der Waals surface area contributed by atoms with Crippen molar-refractivity contribution in [2.45, 2.75) is 19.9 Å². The summed E-state index contributed by atoms with van der Waals surface area (Å²) < 4.78 is 6.93. The predicted octanol–water partition coefficient (Wildman–Crippen LogP) is 4.57. The Morgan fingerprint density at radius 2 is 1.94 bits per heavy atom. The second-order valence-corrected chi connectivity index (χ2v) is 5.29. The highest BCUT2D eigenvalue weighted by atomic mass is 79.9. The number of rotatable bonds is 3. The number of hydrogen-bond acceptors (Lipinski definition) is 2. The summed E-state index contributed by atoms with van der Waals surface area (Å²) >= 11 is 3.44. The summed E-state index contributed by atoms with van der Waals surface area (Å²) in [5, 5.41) is 0. The summed E-state index contributed by atoms with van der Waals surface area (Å²) in [4.78, 5) is 0. The van der Waals surface area contributed by atoms with Gasteiger partial charge >= 0.3 is 0 Å². The molecule has 0 aliphatic carbocycles. The van der Waals surface area contributed by atoms with Crippen LogP contribution in [0, 0.1) is 6.92 Å². The van der Waals surface area contributed by atoms with Gasteiger partial charge in [0.15, 0.2) is 0 Å². The zero-order valence-corrected chi connectivity index (χ0v) is 12.1. The molecule has 3 heteroatoms. The van der Waals surface area contributed by atoms with E-state index in [-0.39, 0.29) is 6.04 Å². The lowest BCUT2D eigenvalue weighted by Crippen LogP contribution is -2.04. The first-order valence-corrected chi connectivity index (χ1v) is 6.65. The molecule has 2 nitrogen and oxygen atoms in total. The van der Waals surface area contributed by atoms with Gasteiger partial charge in [-0.3, -0.25) is 0 Å². The Morgan fingerprint density at radius 3 is 2.61 bits per heavy atom. The van der Waals surface area contributed by atoms with Gasteiger partial charge in [-0.05, 0) is 55.3 Å². The Morgan fingerprint density at radius 1 is 1.17 bits per heavy atom. The summed E-state index contributed by atoms with van der Waals surface area (Å²) in [7, 11) is 0. The fourth-order valence-electron chi connectivity index (χ4n) is 1.72. The fourth-order valence-corrected chi connectivity index (χ4v) is 2.19. The molecule has 0 amide bonds. The SMILES string of the molecule is Cc1cc(Br)ccc1Oc1cccc(C(C)N)c1. The number of nitrogens with two attached hydrogens (primary N) is 1. The number of halogens is 1. The van der Waals surface area contributed by atoms with E-state index in [1.54, 1.807) is 0 Å². The standard InChI is InChI=1S/C15H16BrNO/c1-10-8-13(16)6-7-15(10)18-14-5-3-4-12(9-14)11(2)17/h3-9,11H,17H2,1-2H3. The molecule has 2 rings (SSSR count). The minimum absolute atomic E-state index is 0.0135. The van der Waals surface area contributed by atoms with Crippen LogP contribution in [0.2, 0.25) is 0 Å². The first kappa shape index (κ1) is 13.1. The van der Waals surface area contributed by atoms with Crippen LogP contribution in [0.5, 0.6) is 11.5 Å². The van der Waals surface area contributed by atoms with E-state index < -0.39 is 0 Å². The normalized spacial score (nSPS) is 12.2. The molecule has 0 bridgehead atoms. The van der Waals surface area contributed by atoms with Gasteiger partial charge in [0.25, 0.3) is 0 Å². The lowest BCUT2D eigenvalue weighted by atomic mass is 10.1. The van der Waals surface area contributed by atoms with Crippen LogP contribution >= 0.6 is 15.9 Å². The van der Waals surface area contributed by atoms with Gasteiger partial charge in [-0.1, -0.05) is 28.1 Å². The molecule has 2 aromatic rings. The first-order valence-electron chi connectivity index (χ1n) is 5.86. The number of benzene rings is 2. The highest BCUT2D eigenvalue weighted by molar-refractivity contribution is 9.10. The van der Waals surface area contributed by atoms with Crippen molar-refractivity contribution in [2.24, 2.45) is 5.73 Å². The quantitative estimate of drug-likeness (QED) is 0.901. The van der Waals surface area contributed by atoms with E-state index in [9.17, 15) is 0 Å². The molecule has 2 aromatic carbocycles. The molecule has 94 valence electrons. The van der Waals surface area contributed by atoms with Crippen LogP contribution in [0.4, 0.5) is 0 Å². The van der Waals surface area contributed by atoms with Crippen LogP contribution in [0.25, 0.3) is 0 Å². The van der Waals surface area contributed by atoms with Crippen molar-refractivity contribution in [2.75, 3.05) is 0 Å². The summed E-state index contributed by atoms with van der Waals surface area (Å²) in [6.45, 7) is 3.99. The van der Waals surface area contributed by atoms with Gasteiger partial charge in [-0.2, -0.15) is 0 Å². The Kier molecular flexibility index (Phi) is 4.04. The van der Waals surface area contributed by atoms with Gasteiger partial charge in [-0.25, -0.2) is 0 Å². The van der Waals surface area contributed by atoms with Gasteiger partial charge in [0.05, 0.1) is 0 Å². The smallest absolute Gasteiger partial charge is 0.130 e. The maximum Gasteiger partial charge on any atom is 0.130 e. The van der Waals surface area contributed by atoms with Crippen molar-refractivity contribution < 1.29 is 4.74 Å². The summed E-state index contributed by atoms with van der Waals surface area (Å²) in [5.74, 6) is 1.68. The van der Waals surface area contributed by atoms with E-state index >= 15 is 0 Å². The average Bonchev–Trinajstić information content (AvgIpc) is 2.33. The van der Waals surface area contributed by atoms with Gasteiger partial charge < -0.3 is 10.5 Å². The monoisotopic (exact) mass is 305 g/mol. The molecule has 1 atom stereocenters. The Labute approximate surface area is 116 Å². The minimum Gasteiger partial charge on any atom is -0.457 e. The predicted molar refractivity (Wildman–Crippen MR) is 78.0 cm³/mol. The maximum absolute atomic E-state index is 5.88. The van der Waals surface area contributed by atoms with Gasteiger partial charge in [0.1, 0.15) is 11.5 Å². The molecule has 0 saturated carbocycles. The van der Waals surface area contributed by atoms with E-state index in [2.05, 4.69) is 15.9 Å². The van der Waals surface area contributed by atoms with E-state index in [0.717, 1.165) is 27.1 Å². The zero-order chi connectivity index (χ0) is 13.1. The fraction of sp³-hybridized carbons (Fsp3) is 0.200. The molecular weight excluding hydrogens is 290 g/mol. The van der Waals surface area contributed by atoms with Gasteiger partial charge in [0.2, 0.25) is 0 Å². The second-order valence-electron chi connectivity index (χ2n) is 4.37. The minimum atomic E-state index is 0.0135. The van der Waals surface area contributed by atoms with Crippen LogP contribution in [0.15, 0.2) is 46.9 Å². The van der Waals surface area contributed by atoms with Crippen LogP contribution in [0.1, 0.15) is 24.1 Å². The lowest BCUT2D eigenvalue weighted by Gasteiger charge is -2.11. The van der Waals surface area contributed by atoms with E-state index in [1.165, 1.54) is 0 Å². The van der Waals surface area contributed by atoms with Crippen LogP contribution in [0.3, 0.4) is 0 Å². The Balaban J connectivity index is 2.25. The van der Waals surface area contributed by atoms with Crippen molar-refractivity contribution in [1.82, 2.24) is 0 Å². The van der Waals surface area contributed by atoms with Crippen LogP contribution < -0.4 is 10.5 Å². The van der Waals surface area contributed by atoms with Crippen molar-refractivity contribution >= 4 is 15.9 Å². The van der Waals surface area contributed by atoms with Crippen LogP contribution in [-0.4, -0.2) is 0 Å². The second kappa shape index (κ2) is 5.55. The number of ether oxygens (including phenoxy) is 1. The maximum atomic E-state index is 5.88. The zero-order valence-electron chi connectivity index (χ0n) is 10.5. The first-order chi connectivity index (χ1) is 8.56. The van der Waals surface area contributed by atoms with Crippen molar-refractivity contribution in [3.05, 3.63) is 58.1 Å². The Hall–Kier alpha value is -1.32. The number of hydrogen-bond donors (Lipinski definition) is 1. The molecular formula is C15H16BrNO. The van der Waals surface area contributed by atoms with E-state index in [4.69, 9.17) is 10.5 Å². The van der Waals surface area contributed by atoms with Gasteiger partial charge in [0, 0.05) is 10.5 Å². The van der Waals surface area contributed by atoms with E-state index in [1.807, 2.05) is 56.3 Å².